The zero-order valence-electron chi connectivity index (χ0n) is 15.1. The Morgan fingerprint density at radius 1 is 1.11 bits per heavy atom. The summed E-state index contributed by atoms with van der Waals surface area (Å²) in [6.45, 7) is 0. The predicted molar refractivity (Wildman–Crippen MR) is 103 cm³/mol. The van der Waals surface area contributed by atoms with Crippen LogP contribution in [0.2, 0.25) is 5.02 Å². The van der Waals surface area contributed by atoms with Crippen LogP contribution < -0.4 is 15.2 Å². The van der Waals surface area contributed by atoms with Crippen molar-refractivity contribution in [2.24, 2.45) is 0 Å². The summed E-state index contributed by atoms with van der Waals surface area (Å²) in [4.78, 5) is 17.2. The van der Waals surface area contributed by atoms with Gasteiger partial charge in [0.2, 0.25) is 17.5 Å². The van der Waals surface area contributed by atoms with Crippen molar-refractivity contribution in [2.45, 2.75) is 25.7 Å². The number of furan rings is 1. The van der Waals surface area contributed by atoms with E-state index in [9.17, 15) is 4.79 Å². The molecule has 2 aromatic heterocycles. The average molecular weight is 387 g/mol. The molecule has 0 bridgehead atoms. The number of benzene rings is 1. The summed E-state index contributed by atoms with van der Waals surface area (Å²) in [6.07, 6.45) is 4.36. The Kier molecular flexibility index (Phi) is 4.44. The second-order valence-electron chi connectivity index (χ2n) is 6.53. The van der Waals surface area contributed by atoms with Gasteiger partial charge in [-0.2, -0.15) is 4.98 Å². The van der Waals surface area contributed by atoms with E-state index in [1.54, 1.807) is 0 Å². The Hall–Kier alpha value is -2.73. The van der Waals surface area contributed by atoms with Crippen molar-refractivity contribution >= 4 is 34.0 Å². The van der Waals surface area contributed by atoms with E-state index in [1.165, 1.54) is 31.4 Å². The van der Waals surface area contributed by atoms with Crippen molar-refractivity contribution < 1.29 is 18.7 Å². The van der Waals surface area contributed by atoms with E-state index in [0.717, 1.165) is 31.1 Å². The lowest BCUT2D eigenvalue weighted by Crippen LogP contribution is -2.07. The van der Waals surface area contributed by atoms with Gasteiger partial charge < -0.3 is 19.6 Å². The van der Waals surface area contributed by atoms with E-state index in [1.807, 2.05) is 12.1 Å². The maximum atomic E-state index is 13.1. The van der Waals surface area contributed by atoms with E-state index in [2.05, 4.69) is 4.98 Å². The van der Waals surface area contributed by atoms with Gasteiger partial charge in [0.05, 0.1) is 25.5 Å². The van der Waals surface area contributed by atoms with Gasteiger partial charge in [-0.1, -0.05) is 11.6 Å². The van der Waals surface area contributed by atoms with E-state index < -0.39 is 5.78 Å². The molecule has 0 amide bonds. The molecule has 140 valence electrons. The number of ether oxygens (including phenoxy) is 2. The van der Waals surface area contributed by atoms with E-state index in [4.69, 9.17) is 31.2 Å². The van der Waals surface area contributed by atoms with Crippen molar-refractivity contribution in [3.63, 3.8) is 0 Å². The lowest BCUT2D eigenvalue weighted by molar-refractivity contribution is 0.101. The fourth-order valence-electron chi connectivity index (χ4n) is 3.55. The number of halogens is 1. The Morgan fingerprint density at radius 3 is 2.44 bits per heavy atom. The largest absolute Gasteiger partial charge is 0.480 e. The molecule has 27 heavy (non-hydrogen) atoms. The second-order valence-corrected chi connectivity index (χ2v) is 6.94. The molecule has 7 heteroatoms. The highest BCUT2D eigenvalue weighted by molar-refractivity contribution is 6.32. The minimum Gasteiger partial charge on any atom is -0.480 e. The van der Waals surface area contributed by atoms with Gasteiger partial charge in [0.25, 0.3) is 0 Å². The molecule has 3 aromatic rings. The molecule has 0 unspecified atom stereocenters. The van der Waals surface area contributed by atoms with Crippen LogP contribution in [-0.2, 0) is 12.8 Å². The maximum Gasteiger partial charge on any atom is 0.235 e. The number of fused-ring (bicyclic) bond motifs is 2. The number of hydrogen-bond donors (Lipinski definition) is 1. The van der Waals surface area contributed by atoms with E-state index in [-0.39, 0.29) is 28.1 Å². The van der Waals surface area contributed by atoms with Crippen LogP contribution in [0, 0.1) is 0 Å². The molecule has 4 rings (SSSR count). The van der Waals surface area contributed by atoms with Crippen LogP contribution in [0.15, 0.2) is 22.6 Å². The quantitative estimate of drug-likeness (QED) is 0.676. The van der Waals surface area contributed by atoms with Gasteiger partial charge >= 0.3 is 0 Å². The predicted octanol–water partition coefficient (Wildman–Crippen LogP) is 4.19. The van der Waals surface area contributed by atoms with Crippen molar-refractivity contribution in [1.29, 1.82) is 0 Å². The molecule has 6 nitrogen and oxygen atoms in total. The van der Waals surface area contributed by atoms with Crippen molar-refractivity contribution in [1.82, 2.24) is 4.98 Å². The van der Waals surface area contributed by atoms with Gasteiger partial charge in [-0.3, -0.25) is 4.79 Å². The molecular formula is C20H19ClN2O4. The molecule has 0 fully saturated rings. The number of nitrogens with two attached hydrogens (primary N) is 1. The first kappa shape index (κ1) is 17.7. The van der Waals surface area contributed by atoms with Gasteiger partial charge in [-0.25, -0.2) is 0 Å². The number of carbonyl (C=O) groups is 1. The molecule has 0 atom stereocenters. The van der Waals surface area contributed by atoms with Gasteiger partial charge in [-0.05, 0) is 55.0 Å². The second kappa shape index (κ2) is 6.78. The molecule has 0 aliphatic heterocycles. The minimum atomic E-state index is -0.435. The van der Waals surface area contributed by atoms with Crippen LogP contribution in [0.4, 0.5) is 5.69 Å². The van der Waals surface area contributed by atoms with Crippen LogP contribution in [0.25, 0.3) is 11.0 Å². The third-order valence-corrected chi connectivity index (χ3v) is 5.21. The molecule has 1 aromatic carbocycles. The summed E-state index contributed by atoms with van der Waals surface area (Å²) >= 11 is 6.14. The number of hydrogen-bond acceptors (Lipinski definition) is 6. The number of anilines is 1. The fraction of sp³-hybridized carbons (Fsp3) is 0.300. The molecule has 0 spiro atoms. The van der Waals surface area contributed by atoms with Crippen molar-refractivity contribution in [3.8, 4) is 11.8 Å². The number of aryl methyl sites for hydroxylation is 2. The summed E-state index contributed by atoms with van der Waals surface area (Å²) in [6, 6.07) is 5.48. The van der Waals surface area contributed by atoms with Crippen LogP contribution in [0.1, 0.15) is 40.1 Å². The summed E-state index contributed by atoms with van der Waals surface area (Å²) in [5.74, 6) is -0.0972. The lowest BCUT2D eigenvalue weighted by Gasteiger charge is -2.14. The smallest absolute Gasteiger partial charge is 0.235 e. The number of carbonyl (C=O) groups excluding carboxylic acids is 1. The van der Waals surface area contributed by atoms with Crippen LogP contribution >= 0.6 is 11.6 Å². The summed E-state index contributed by atoms with van der Waals surface area (Å²) in [5, 5.41) is 0.956. The van der Waals surface area contributed by atoms with E-state index >= 15 is 0 Å². The average Bonchev–Trinajstić information content (AvgIpc) is 3.01. The highest BCUT2D eigenvalue weighted by atomic mass is 35.5. The van der Waals surface area contributed by atoms with Crippen LogP contribution in [0.3, 0.4) is 0 Å². The van der Waals surface area contributed by atoms with Crippen molar-refractivity contribution in [3.05, 3.63) is 45.7 Å². The molecule has 1 aliphatic carbocycles. The Morgan fingerprint density at radius 2 is 1.78 bits per heavy atom. The van der Waals surface area contributed by atoms with Gasteiger partial charge in [0, 0.05) is 5.39 Å². The van der Waals surface area contributed by atoms with Crippen molar-refractivity contribution in [2.75, 3.05) is 20.0 Å². The molecule has 1 aliphatic rings. The maximum absolute atomic E-state index is 13.1. The summed E-state index contributed by atoms with van der Waals surface area (Å²) in [5.41, 5.74) is 9.89. The third-order valence-electron chi connectivity index (χ3n) is 4.94. The summed E-state index contributed by atoms with van der Waals surface area (Å²) in [7, 11) is 2.86. The molecule has 2 N–H and O–H groups in total. The molecule has 0 radical (unpaired) electrons. The van der Waals surface area contributed by atoms with Gasteiger partial charge in [0.15, 0.2) is 5.76 Å². The number of aromatic nitrogens is 1. The zero-order valence-corrected chi connectivity index (χ0v) is 15.9. The van der Waals surface area contributed by atoms with Crippen LogP contribution in [0.5, 0.6) is 11.8 Å². The topological polar surface area (TPSA) is 87.6 Å². The van der Waals surface area contributed by atoms with E-state index in [0.29, 0.717) is 11.3 Å². The lowest BCUT2D eigenvalue weighted by atomic mass is 9.90. The fourth-order valence-corrected chi connectivity index (χ4v) is 3.78. The number of nitrogen functional groups attached to an aromatic ring is 1. The van der Waals surface area contributed by atoms with Gasteiger partial charge in [0.1, 0.15) is 10.6 Å². The summed E-state index contributed by atoms with van der Waals surface area (Å²) < 4.78 is 16.1. The Bertz CT molecular complexity index is 1060. The third kappa shape index (κ3) is 2.90. The van der Waals surface area contributed by atoms with Crippen LogP contribution in [-0.4, -0.2) is 25.0 Å². The highest BCUT2D eigenvalue weighted by Crippen LogP contribution is 2.36. The molecule has 0 saturated heterocycles. The Labute approximate surface area is 161 Å². The number of rotatable bonds is 4. The molecule has 0 saturated carbocycles. The van der Waals surface area contributed by atoms with Gasteiger partial charge in [-0.15, -0.1) is 0 Å². The highest BCUT2D eigenvalue weighted by Gasteiger charge is 2.26. The molecule has 2 heterocycles. The number of ketones is 1. The normalized spacial score (nSPS) is 13.4. The monoisotopic (exact) mass is 386 g/mol. The number of methoxy groups -OCH3 is 2. The standard InChI is InChI=1S/C20H19ClN2O4/c1-25-19-13(9-14(21)20(23-19)26-2)17(24)18-16(22)12-7-10-5-3-4-6-11(10)8-15(12)27-18/h7-9H,3-6,22H2,1-2H3. The SMILES string of the molecule is COc1nc(OC)c(C(=O)c2oc3cc4c(cc3c2N)CCCC4)cc1Cl. The Balaban J connectivity index is 1.84. The number of pyridine rings is 1. The minimum absolute atomic E-state index is 0.0636. The first-order chi connectivity index (χ1) is 13.0. The first-order valence-corrected chi connectivity index (χ1v) is 9.08. The molecular weight excluding hydrogens is 368 g/mol. The zero-order chi connectivity index (χ0) is 19.1. The number of nitrogens with zero attached hydrogens (tertiary/aromatic N) is 1. The first-order valence-electron chi connectivity index (χ1n) is 8.70.